The third-order valence-corrected chi connectivity index (χ3v) is 5.78. The zero-order chi connectivity index (χ0) is 22.3. The molecule has 2 unspecified atom stereocenters. The van der Waals surface area contributed by atoms with Gasteiger partial charge in [-0.2, -0.15) is 8.42 Å². The van der Waals surface area contributed by atoms with E-state index in [1.54, 1.807) is 6.07 Å². The summed E-state index contributed by atoms with van der Waals surface area (Å²) in [4.78, 5) is 25.0. The van der Waals surface area contributed by atoms with Crippen molar-refractivity contribution in [3.63, 3.8) is 0 Å². The van der Waals surface area contributed by atoms with Crippen molar-refractivity contribution < 1.29 is 32.0 Å². The Hall–Kier alpha value is -1.74. The maximum atomic E-state index is 12.8. The first-order chi connectivity index (χ1) is 14.2. The summed E-state index contributed by atoms with van der Waals surface area (Å²) >= 11 is 0. The van der Waals surface area contributed by atoms with Crippen LogP contribution in [0.1, 0.15) is 52.7 Å². The van der Waals surface area contributed by atoms with Crippen LogP contribution in [-0.2, 0) is 43.3 Å². The van der Waals surface area contributed by atoms with E-state index in [1.165, 1.54) is 0 Å². The van der Waals surface area contributed by atoms with Gasteiger partial charge in [0.2, 0.25) is 0 Å². The summed E-state index contributed by atoms with van der Waals surface area (Å²) in [5.41, 5.74) is 2.40. The van der Waals surface area contributed by atoms with Crippen LogP contribution in [0, 0.1) is 5.92 Å². The fourth-order valence-electron chi connectivity index (χ4n) is 3.57. The van der Waals surface area contributed by atoms with Crippen molar-refractivity contribution in [3.05, 3.63) is 34.4 Å². The molecule has 30 heavy (non-hydrogen) atoms. The van der Waals surface area contributed by atoms with Crippen LogP contribution in [0.25, 0.3) is 0 Å². The lowest BCUT2D eigenvalue weighted by Gasteiger charge is -2.28. The van der Waals surface area contributed by atoms with Crippen molar-refractivity contribution in [1.82, 2.24) is 0 Å². The first-order valence-electron chi connectivity index (χ1n) is 9.76. The minimum absolute atomic E-state index is 0.120. The fourth-order valence-corrected chi connectivity index (χ4v) is 3.86. The highest BCUT2D eigenvalue weighted by atomic mass is 32.2. The maximum absolute atomic E-state index is 12.8. The predicted octanol–water partition coefficient (Wildman–Crippen LogP) is 0.839. The average molecular weight is 428 g/mol. The summed E-state index contributed by atoms with van der Waals surface area (Å²) < 4.78 is 40.7. The molecule has 0 heterocycles. The molecule has 1 aromatic carbocycles. The van der Waals surface area contributed by atoms with Gasteiger partial charge in [0.05, 0.1) is 35.0 Å². The number of esters is 2. The molecule has 0 saturated heterocycles. The van der Waals surface area contributed by atoms with Gasteiger partial charge in [-0.1, -0.05) is 36.2 Å². The fraction of sp³-hybridized carbons (Fsp3) is 0.579. The Balaban J connectivity index is 2.04. The molecule has 1 aliphatic rings. The molecule has 0 aromatic heterocycles. The van der Waals surface area contributed by atoms with Crippen LogP contribution in [0.5, 0.6) is 0 Å². The number of rotatable bonds is 9. The summed E-state index contributed by atoms with van der Waals surface area (Å²) in [5.74, 6) is -2.29. The Morgan fingerprint density at radius 1 is 1.10 bits per heavy atom. The average Bonchev–Trinajstić information content (AvgIpc) is 2.71. The van der Waals surface area contributed by atoms with Gasteiger partial charge < -0.3 is 9.47 Å². The van der Waals surface area contributed by atoms with Gasteiger partial charge in [-0.3, -0.25) is 9.35 Å². The van der Waals surface area contributed by atoms with Gasteiger partial charge in [0.15, 0.2) is 0 Å². The van der Waals surface area contributed by atoms with E-state index >= 15 is 0 Å². The van der Waals surface area contributed by atoms with E-state index in [1.807, 2.05) is 6.07 Å². The molecule has 156 valence electrons. The second-order valence-corrected chi connectivity index (χ2v) is 8.81. The lowest BCUT2D eigenvalue weighted by molar-refractivity contribution is -0.150. The molecule has 1 aromatic rings. The van der Waals surface area contributed by atoms with E-state index in [4.69, 9.17) is 37.6 Å². The lowest BCUT2D eigenvalue weighted by atomic mass is 9.81. The Morgan fingerprint density at radius 2 is 1.83 bits per heavy atom. The van der Waals surface area contributed by atoms with Crippen molar-refractivity contribution in [3.8, 4) is 0 Å². The van der Waals surface area contributed by atoms with Crippen molar-refractivity contribution in [1.29, 1.82) is 0 Å². The van der Waals surface area contributed by atoms with Crippen molar-refractivity contribution in [2.45, 2.75) is 50.7 Å². The SMILES string of the molecule is [B]Cc1cc(C[B])c(C[B])c(C(=O)OC2CCCC(C(=O)OCCS(=O)(=O)O)C2)c1. The van der Waals surface area contributed by atoms with Crippen LogP contribution in [-0.4, -0.2) is 66.9 Å². The standard InChI is InChI=1S/C19H23B3O7S/c20-9-12-6-14(10-21)17(11-22)16(7-12)19(24)29-15-3-1-2-13(8-15)18(23)28-4-5-30(25,26)27/h6-7,13,15H,1-5,8-11H2,(H,25,26,27). The molecular formula is C19H23B3O7S. The van der Waals surface area contributed by atoms with Gasteiger partial charge in [-0.05, 0) is 37.3 Å². The smallest absolute Gasteiger partial charge is 0.338 e. The highest BCUT2D eigenvalue weighted by molar-refractivity contribution is 7.85. The zero-order valence-corrected chi connectivity index (χ0v) is 17.5. The van der Waals surface area contributed by atoms with Crippen molar-refractivity contribution >= 4 is 45.6 Å². The Kier molecular flexibility index (Phi) is 9.03. The number of carbonyl (C=O) groups excluding carboxylic acids is 2. The summed E-state index contributed by atoms with van der Waals surface area (Å²) in [5, 5.41) is 0. The molecule has 0 amide bonds. The Labute approximate surface area is 181 Å². The summed E-state index contributed by atoms with van der Waals surface area (Å²) in [6, 6.07) is 3.46. The number of benzene rings is 1. The van der Waals surface area contributed by atoms with E-state index in [-0.39, 0.29) is 25.4 Å². The number of carbonyl (C=O) groups is 2. The molecule has 6 radical (unpaired) electrons. The molecule has 0 aliphatic heterocycles. The summed E-state index contributed by atoms with van der Waals surface area (Å²) in [6.07, 6.45) is 2.14. The van der Waals surface area contributed by atoms with Crippen molar-refractivity contribution in [2.24, 2.45) is 5.92 Å². The molecule has 1 saturated carbocycles. The van der Waals surface area contributed by atoms with Gasteiger partial charge in [0, 0.05) is 0 Å². The zero-order valence-electron chi connectivity index (χ0n) is 16.7. The monoisotopic (exact) mass is 428 g/mol. The largest absolute Gasteiger partial charge is 0.464 e. The van der Waals surface area contributed by atoms with Crippen LogP contribution in [0.3, 0.4) is 0 Å². The molecule has 11 heteroatoms. The van der Waals surface area contributed by atoms with E-state index in [0.717, 1.165) is 11.1 Å². The van der Waals surface area contributed by atoms with Gasteiger partial charge in [-0.25, -0.2) is 4.79 Å². The molecule has 0 bridgehead atoms. The molecule has 2 atom stereocenters. The van der Waals surface area contributed by atoms with Gasteiger partial charge >= 0.3 is 11.9 Å². The summed E-state index contributed by atoms with van der Waals surface area (Å²) in [7, 11) is 13.1. The number of ether oxygens (including phenoxy) is 2. The molecular weight excluding hydrogens is 405 g/mol. The molecule has 0 spiro atoms. The predicted molar refractivity (Wildman–Crippen MR) is 113 cm³/mol. The van der Waals surface area contributed by atoms with Crippen LogP contribution in [0.15, 0.2) is 12.1 Å². The first kappa shape index (κ1) is 24.5. The highest BCUT2D eigenvalue weighted by Crippen LogP contribution is 2.29. The second kappa shape index (κ2) is 11.0. The minimum atomic E-state index is -4.20. The Bertz CT molecular complexity index is 873. The molecule has 1 aliphatic carbocycles. The Morgan fingerprint density at radius 3 is 2.43 bits per heavy atom. The van der Waals surface area contributed by atoms with Crippen LogP contribution in [0.2, 0.25) is 0 Å². The maximum Gasteiger partial charge on any atom is 0.338 e. The second-order valence-electron chi connectivity index (χ2n) is 7.24. The normalized spacial score (nSPS) is 19.2. The third-order valence-electron chi connectivity index (χ3n) is 5.10. The van der Waals surface area contributed by atoms with E-state index < -0.39 is 46.4 Å². The topological polar surface area (TPSA) is 107 Å². The quantitative estimate of drug-likeness (QED) is 0.353. The lowest BCUT2D eigenvalue weighted by Crippen LogP contribution is -2.31. The number of hydrogen-bond acceptors (Lipinski definition) is 6. The molecule has 1 N–H and O–H groups in total. The van der Waals surface area contributed by atoms with Gasteiger partial charge in [0.25, 0.3) is 10.1 Å². The minimum Gasteiger partial charge on any atom is -0.464 e. The van der Waals surface area contributed by atoms with Crippen LogP contribution in [0.4, 0.5) is 0 Å². The number of hydrogen-bond donors (Lipinski definition) is 1. The van der Waals surface area contributed by atoms with Gasteiger partial charge in [0.1, 0.15) is 18.5 Å². The molecule has 7 nitrogen and oxygen atoms in total. The summed E-state index contributed by atoms with van der Waals surface area (Å²) in [6.45, 7) is -0.424. The molecule has 1 fully saturated rings. The van der Waals surface area contributed by atoms with Gasteiger partial charge in [-0.15, -0.1) is 0 Å². The van der Waals surface area contributed by atoms with E-state index in [0.29, 0.717) is 30.4 Å². The van der Waals surface area contributed by atoms with Crippen LogP contribution < -0.4 is 0 Å². The van der Waals surface area contributed by atoms with Crippen LogP contribution >= 0.6 is 0 Å². The van der Waals surface area contributed by atoms with Crippen molar-refractivity contribution in [2.75, 3.05) is 12.4 Å². The van der Waals surface area contributed by atoms with E-state index in [9.17, 15) is 18.0 Å². The first-order valence-corrected chi connectivity index (χ1v) is 11.4. The third kappa shape index (κ3) is 6.91. The van der Waals surface area contributed by atoms with E-state index in [2.05, 4.69) is 0 Å². The molecule has 2 rings (SSSR count). The highest BCUT2D eigenvalue weighted by Gasteiger charge is 2.31.